The van der Waals surface area contributed by atoms with Gasteiger partial charge in [0, 0.05) is 41.9 Å². The number of benzene rings is 1. The van der Waals surface area contributed by atoms with E-state index in [1.807, 2.05) is 24.3 Å². The van der Waals surface area contributed by atoms with Gasteiger partial charge in [0.1, 0.15) is 0 Å². The number of nitrogens with zero attached hydrogens (tertiary/aromatic N) is 1. The smallest absolute Gasteiger partial charge is 0.227 e. The van der Waals surface area contributed by atoms with Crippen molar-refractivity contribution < 1.29 is 9.00 Å². The minimum Gasteiger partial charge on any atom is -0.341 e. The lowest BCUT2D eigenvalue weighted by Crippen LogP contribution is -2.42. The molecule has 1 aliphatic rings. The van der Waals surface area contributed by atoms with Gasteiger partial charge in [-0.1, -0.05) is 24.3 Å². The second-order valence-electron chi connectivity index (χ2n) is 4.38. The highest BCUT2D eigenvalue weighted by molar-refractivity contribution is 7.85. The van der Waals surface area contributed by atoms with Gasteiger partial charge in [-0.15, -0.1) is 0 Å². The summed E-state index contributed by atoms with van der Waals surface area (Å²) < 4.78 is 11.2. The monoisotopic (exact) mass is 266 g/mol. The fraction of sp³-hybridized carbons (Fsp3) is 0.462. The van der Waals surface area contributed by atoms with Crippen molar-refractivity contribution in [1.82, 2.24) is 4.90 Å². The van der Waals surface area contributed by atoms with Crippen LogP contribution < -0.4 is 5.73 Å². The highest BCUT2D eigenvalue weighted by atomic mass is 32.2. The summed E-state index contributed by atoms with van der Waals surface area (Å²) in [5.74, 6) is 1.31. The van der Waals surface area contributed by atoms with Crippen LogP contribution in [0.25, 0.3) is 0 Å². The highest BCUT2D eigenvalue weighted by Gasteiger charge is 2.20. The van der Waals surface area contributed by atoms with Crippen LogP contribution in [0.3, 0.4) is 0 Å². The van der Waals surface area contributed by atoms with Crippen molar-refractivity contribution >= 4 is 16.7 Å². The molecule has 1 aromatic rings. The summed E-state index contributed by atoms with van der Waals surface area (Å²) in [6.07, 6.45) is 0.389. The van der Waals surface area contributed by atoms with Gasteiger partial charge in [-0.05, 0) is 11.1 Å². The molecule has 0 radical (unpaired) electrons. The van der Waals surface area contributed by atoms with Gasteiger partial charge < -0.3 is 10.6 Å². The molecule has 0 unspecified atom stereocenters. The third-order valence-electron chi connectivity index (χ3n) is 3.21. The fourth-order valence-corrected chi connectivity index (χ4v) is 3.14. The van der Waals surface area contributed by atoms with Crippen molar-refractivity contribution in [1.29, 1.82) is 0 Å². The van der Waals surface area contributed by atoms with Gasteiger partial charge in [-0.2, -0.15) is 0 Å². The molecule has 1 aliphatic heterocycles. The van der Waals surface area contributed by atoms with Crippen molar-refractivity contribution in [2.75, 3.05) is 24.6 Å². The number of nitrogens with two attached hydrogens (primary N) is 1. The molecule has 1 fully saturated rings. The van der Waals surface area contributed by atoms with E-state index >= 15 is 0 Å². The molecular weight excluding hydrogens is 248 g/mol. The molecule has 0 aromatic heterocycles. The van der Waals surface area contributed by atoms with Crippen molar-refractivity contribution in [2.24, 2.45) is 5.73 Å². The first-order chi connectivity index (χ1) is 8.70. The third kappa shape index (κ3) is 3.17. The molecule has 1 heterocycles. The first kappa shape index (κ1) is 13.2. The third-order valence-corrected chi connectivity index (χ3v) is 4.49. The zero-order valence-electron chi connectivity index (χ0n) is 10.3. The Balaban J connectivity index is 2.00. The molecule has 0 spiro atoms. The Labute approximate surface area is 110 Å². The molecule has 1 aromatic carbocycles. The van der Waals surface area contributed by atoms with E-state index in [9.17, 15) is 9.00 Å². The average Bonchev–Trinajstić information content (AvgIpc) is 2.40. The van der Waals surface area contributed by atoms with Crippen LogP contribution in [0.4, 0.5) is 0 Å². The molecule has 2 rings (SSSR count). The standard InChI is InChI=1S/C13H18N2O2S/c14-10-12-4-2-1-3-11(12)9-13(16)15-5-7-18(17)8-6-15/h1-4H,5-10,14H2. The molecule has 2 N–H and O–H groups in total. The minimum atomic E-state index is -0.744. The fourth-order valence-electron chi connectivity index (χ4n) is 2.09. The lowest BCUT2D eigenvalue weighted by molar-refractivity contribution is -0.130. The van der Waals surface area contributed by atoms with E-state index in [1.54, 1.807) is 4.90 Å². The first-order valence-electron chi connectivity index (χ1n) is 6.10. The van der Waals surface area contributed by atoms with Gasteiger partial charge in [0.05, 0.1) is 6.42 Å². The predicted octanol–water partition coefficient (Wildman–Crippen LogP) is 0.279. The first-order valence-corrected chi connectivity index (χ1v) is 7.59. The number of carbonyl (C=O) groups is 1. The normalized spacial score (nSPS) is 16.8. The summed E-state index contributed by atoms with van der Waals surface area (Å²) in [5.41, 5.74) is 7.67. The minimum absolute atomic E-state index is 0.104. The molecule has 1 saturated heterocycles. The van der Waals surface area contributed by atoms with Crippen molar-refractivity contribution in [3.8, 4) is 0 Å². The van der Waals surface area contributed by atoms with E-state index in [4.69, 9.17) is 5.73 Å². The van der Waals surface area contributed by atoms with Gasteiger partial charge in [0.25, 0.3) is 0 Å². The van der Waals surface area contributed by atoms with E-state index in [2.05, 4.69) is 0 Å². The zero-order valence-corrected chi connectivity index (χ0v) is 11.1. The van der Waals surface area contributed by atoms with Crippen LogP contribution in [0.15, 0.2) is 24.3 Å². The van der Waals surface area contributed by atoms with Gasteiger partial charge in [-0.25, -0.2) is 0 Å². The molecule has 0 bridgehead atoms. The summed E-state index contributed by atoms with van der Waals surface area (Å²) >= 11 is 0. The maximum absolute atomic E-state index is 12.1. The van der Waals surface area contributed by atoms with Gasteiger partial charge >= 0.3 is 0 Å². The maximum Gasteiger partial charge on any atom is 0.227 e. The van der Waals surface area contributed by atoms with Crippen LogP contribution in [0.2, 0.25) is 0 Å². The maximum atomic E-state index is 12.1. The Kier molecular flexibility index (Phi) is 4.49. The average molecular weight is 266 g/mol. The number of carbonyl (C=O) groups excluding carboxylic acids is 1. The van der Waals surface area contributed by atoms with Crippen molar-refractivity contribution in [2.45, 2.75) is 13.0 Å². The molecule has 0 atom stereocenters. The van der Waals surface area contributed by atoms with Gasteiger partial charge in [0.2, 0.25) is 5.91 Å². The van der Waals surface area contributed by atoms with E-state index in [1.165, 1.54) is 0 Å². The van der Waals surface area contributed by atoms with Crippen LogP contribution >= 0.6 is 0 Å². The molecule has 4 nitrogen and oxygen atoms in total. The molecule has 1 amide bonds. The molecular formula is C13H18N2O2S. The molecule has 0 saturated carbocycles. The van der Waals surface area contributed by atoms with Crippen LogP contribution in [0.1, 0.15) is 11.1 Å². The predicted molar refractivity (Wildman–Crippen MR) is 72.5 cm³/mol. The summed E-state index contributed by atoms with van der Waals surface area (Å²) in [6.45, 7) is 1.67. The summed E-state index contributed by atoms with van der Waals surface area (Å²) in [6, 6.07) is 7.75. The van der Waals surface area contributed by atoms with Crippen LogP contribution in [-0.2, 0) is 28.6 Å². The van der Waals surface area contributed by atoms with E-state index < -0.39 is 10.8 Å². The second-order valence-corrected chi connectivity index (χ2v) is 6.07. The Bertz CT molecular complexity index is 452. The molecule has 5 heteroatoms. The Morgan fingerprint density at radius 2 is 1.83 bits per heavy atom. The van der Waals surface area contributed by atoms with Crippen molar-refractivity contribution in [3.63, 3.8) is 0 Å². The van der Waals surface area contributed by atoms with Crippen LogP contribution in [-0.4, -0.2) is 39.6 Å². The quantitative estimate of drug-likeness (QED) is 0.854. The Morgan fingerprint density at radius 3 is 2.44 bits per heavy atom. The molecule has 18 heavy (non-hydrogen) atoms. The van der Waals surface area contributed by atoms with E-state index in [-0.39, 0.29) is 5.91 Å². The number of rotatable bonds is 3. The van der Waals surface area contributed by atoms with Crippen molar-refractivity contribution in [3.05, 3.63) is 35.4 Å². The largest absolute Gasteiger partial charge is 0.341 e. The van der Waals surface area contributed by atoms with E-state index in [0.29, 0.717) is 37.6 Å². The van der Waals surface area contributed by atoms with Crippen LogP contribution in [0, 0.1) is 0 Å². The lowest BCUT2D eigenvalue weighted by Gasteiger charge is -2.26. The molecule has 0 aliphatic carbocycles. The Hall–Kier alpha value is -1.20. The van der Waals surface area contributed by atoms with E-state index in [0.717, 1.165) is 11.1 Å². The lowest BCUT2D eigenvalue weighted by atomic mass is 10.0. The summed E-state index contributed by atoms with van der Waals surface area (Å²) in [4.78, 5) is 13.9. The molecule has 98 valence electrons. The Morgan fingerprint density at radius 1 is 1.22 bits per heavy atom. The topological polar surface area (TPSA) is 63.4 Å². The van der Waals surface area contributed by atoms with Crippen LogP contribution in [0.5, 0.6) is 0 Å². The van der Waals surface area contributed by atoms with Gasteiger partial charge in [-0.3, -0.25) is 9.00 Å². The second kappa shape index (κ2) is 6.11. The number of amides is 1. The highest BCUT2D eigenvalue weighted by Crippen LogP contribution is 2.11. The number of hydrogen-bond donors (Lipinski definition) is 1. The SMILES string of the molecule is NCc1ccccc1CC(=O)N1CCS(=O)CC1. The number of hydrogen-bond acceptors (Lipinski definition) is 3. The zero-order chi connectivity index (χ0) is 13.0. The summed E-state index contributed by atoms with van der Waals surface area (Å²) in [7, 11) is -0.744. The summed E-state index contributed by atoms with van der Waals surface area (Å²) in [5, 5.41) is 0. The van der Waals surface area contributed by atoms with Gasteiger partial charge in [0.15, 0.2) is 0 Å².